The molecule has 4 nitrogen and oxygen atoms in total. The van der Waals surface area contributed by atoms with E-state index in [1.807, 2.05) is 0 Å². The van der Waals surface area contributed by atoms with Crippen molar-refractivity contribution in [2.75, 3.05) is 9.80 Å². The summed E-state index contributed by atoms with van der Waals surface area (Å²) in [7, 11) is 0. The molecule has 0 spiro atoms. The molecule has 0 radical (unpaired) electrons. The largest absolute Gasteiger partial charge is 0.456 e. The monoisotopic (exact) mass is 776 g/mol. The topological polar surface area (TPSA) is 32.8 Å². The number of nitrogens with zero attached hydrogens (tertiary/aromatic N) is 2. The highest BCUT2D eigenvalue weighted by atomic mass is 16.3. The molecule has 0 aliphatic carbocycles. The number of rotatable bonds is 6. The normalized spacial score (nSPS) is 11.8. The van der Waals surface area contributed by atoms with Crippen molar-refractivity contribution in [3.63, 3.8) is 0 Å². The van der Waals surface area contributed by atoms with Crippen molar-refractivity contribution in [3.8, 4) is 0 Å². The molecular weight excluding hydrogens is 733 g/mol. The number of benzene rings is 9. The molecule has 60 heavy (non-hydrogen) atoms. The average molecular weight is 777 g/mol. The second-order valence-electron chi connectivity index (χ2n) is 16.4. The first kappa shape index (κ1) is 35.8. The fourth-order valence-corrected chi connectivity index (χ4v) is 9.51. The molecule has 11 aromatic rings. The molecule has 2 aromatic heterocycles. The van der Waals surface area contributed by atoms with Crippen LogP contribution in [0.4, 0.5) is 34.1 Å². The van der Waals surface area contributed by atoms with Gasteiger partial charge in [-0.15, -0.1) is 0 Å². The van der Waals surface area contributed by atoms with E-state index in [1.165, 1.54) is 38.6 Å². The van der Waals surface area contributed by atoms with Crippen LogP contribution in [0.1, 0.15) is 33.4 Å². The maximum absolute atomic E-state index is 6.83. The maximum Gasteiger partial charge on any atom is 0.142 e. The number of fused-ring (bicyclic) bond motifs is 8. The van der Waals surface area contributed by atoms with Gasteiger partial charge < -0.3 is 18.6 Å². The van der Waals surface area contributed by atoms with Crippen LogP contribution < -0.4 is 9.80 Å². The van der Waals surface area contributed by atoms with Crippen LogP contribution in [0, 0.1) is 41.5 Å². The Bertz CT molecular complexity index is 3210. The zero-order chi connectivity index (χ0) is 40.8. The molecule has 0 fully saturated rings. The van der Waals surface area contributed by atoms with Crippen molar-refractivity contribution in [1.29, 1.82) is 0 Å². The Kier molecular flexibility index (Phi) is 8.15. The van der Waals surface area contributed by atoms with Crippen molar-refractivity contribution in [3.05, 3.63) is 191 Å². The van der Waals surface area contributed by atoms with Gasteiger partial charge in [-0.3, -0.25) is 0 Å². The van der Waals surface area contributed by atoms with E-state index in [0.29, 0.717) is 0 Å². The van der Waals surface area contributed by atoms with E-state index in [9.17, 15) is 0 Å². The first-order chi connectivity index (χ1) is 29.2. The van der Waals surface area contributed by atoms with Gasteiger partial charge in [0.2, 0.25) is 0 Å². The summed E-state index contributed by atoms with van der Waals surface area (Å²) >= 11 is 0. The first-order valence-electron chi connectivity index (χ1n) is 20.8. The molecule has 0 unspecified atom stereocenters. The van der Waals surface area contributed by atoms with Crippen molar-refractivity contribution >= 4 is 99.5 Å². The minimum Gasteiger partial charge on any atom is -0.456 e. The first-order valence-corrected chi connectivity index (χ1v) is 20.8. The predicted octanol–water partition coefficient (Wildman–Crippen LogP) is 16.6. The Hall–Kier alpha value is -7.30. The van der Waals surface area contributed by atoms with E-state index in [2.05, 4.69) is 209 Å². The standard InChI is InChI=1S/C56H44N2O2/c1-33-15-7-11-19-47(33)57(48-20-12-8-16-34(48)2)43-25-23-39-29-45-51(31-41(39)27-43)59-55-38(6)56-54(37(5)53(45)55)46-30-40-24-26-44(28-42(40)32-52(46)60-56)58(49-21-13-9-17-35(49)3)50-22-14-10-18-36(50)4/h7-32H,1-6H3. The SMILES string of the molecule is Cc1ccccc1N(c1ccc2cc3c(cc2c1)oc1c(C)c2oc4cc5cc(N(c6ccccc6C)c6ccccc6C)ccc5cc4c2c(C)c13)c1ccccc1C. The molecule has 4 heteroatoms. The Labute approximate surface area is 349 Å². The molecular formula is C56H44N2O2. The van der Waals surface area contributed by atoms with Crippen LogP contribution in [0.2, 0.25) is 0 Å². The summed E-state index contributed by atoms with van der Waals surface area (Å²) in [5, 5.41) is 9.13. The zero-order valence-corrected chi connectivity index (χ0v) is 34.7. The van der Waals surface area contributed by atoms with Crippen LogP contribution in [0.3, 0.4) is 0 Å². The van der Waals surface area contributed by atoms with Gasteiger partial charge in [-0.05, 0) is 164 Å². The van der Waals surface area contributed by atoms with Crippen LogP contribution in [0.25, 0.3) is 65.4 Å². The number of hydrogen-bond donors (Lipinski definition) is 0. The number of hydrogen-bond acceptors (Lipinski definition) is 4. The quantitative estimate of drug-likeness (QED) is 0.168. The second-order valence-corrected chi connectivity index (χ2v) is 16.4. The number of furan rings is 2. The molecule has 0 bridgehead atoms. The van der Waals surface area contributed by atoms with E-state index >= 15 is 0 Å². The summed E-state index contributed by atoms with van der Waals surface area (Å²) in [5.74, 6) is 0. The number of para-hydroxylation sites is 4. The lowest BCUT2D eigenvalue weighted by Crippen LogP contribution is -2.12. The van der Waals surface area contributed by atoms with Crippen LogP contribution in [0.15, 0.2) is 167 Å². The lowest BCUT2D eigenvalue weighted by Gasteiger charge is -2.28. The lowest BCUT2D eigenvalue weighted by atomic mass is 9.96. The van der Waals surface area contributed by atoms with Crippen LogP contribution in [-0.2, 0) is 0 Å². The maximum atomic E-state index is 6.83. The Morgan fingerprint density at radius 3 is 1.03 bits per heavy atom. The van der Waals surface area contributed by atoms with E-state index in [4.69, 9.17) is 8.83 Å². The van der Waals surface area contributed by atoms with E-state index in [1.54, 1.807) is 0 Å². The van der Waals surface area contributed by atoms with Crippen molar-refractivity contribution in [2.24, 2.45) is 0 Å². The highest BCUT2D eigenvalue weighted by Crippen LogP contribution is 2.46. The van der Waals surface area contributed by atoms with Crippen molar-refractivity contribution < 1.29 is 8.83 Å². The molecule has 290 valence electrons. The molecule has 9 aromatic carbocycles. The van der Waals surface area contributed by atoms with Crippen molar-refractivity contribution in [1.82, 2.24) is 0 Å². The molecule has 0 atom stereocenters. The van der Waals surface area contributed by atoms with Gasteiger partial charge in [0.05, 0.1) is 0 Å². The Morgan fingerprint density at radius 2 is 0.683 bits per heavy atom. The van der Waals surface area contributed by atoms with Crippen molar-refractivity contribution in [2.45, 2.75) is 41.5 Å². The molecule has 0 saturated heterocycles. The molecule has 0 aliphatic heterocycles. The molecule has 2 heterocycles. The van der Waals surface area contributed by atoms with Crippen LogP contribution in [-0.4, -0.2) is 0 Å². The number of anilines is 6. The van der Waals surface area contributed by atoms with Gasteiger partial charge in [-0.2, -0.15) is 0 Å². The summed E-state index contributed by atoms with van der Waals surface area (Å²) in [6.45, 7) is 13.1. The van der Waals surface area contributed by atoms with E-state index in [-0.39, 0.29) is 0 Å². The molecule has 0 amide bonds. The summed E-state index contributed by atoms with van der Waals surface area (Å²) in [4.78, 5) is 4.74. The lowest BCUT2D eigenvalue weighted by molar-refractivity contribution is 0.651. The summed E-state index contributed by atoms with van der Waals surface area (Å²) in [5.41, 5.74) is 17.4. The van der Waals surface area contributed by atoms with E-state index in [0.717, 1.165) is 94.3 Å². The van der Waals surface area contributed by atoms with Gasteiger partial charge in [-0.25, -0.2) is 0 Å². The smallest absolute Gasteiger partial charge is 0.142 e. The van der Waals surface area contributed by atoms with Gasteiger partial charge in [0, 0.05) is 61.2 Å². The zero-order valence-electron chi connectivity index (χ0n) is 34.7. The molecule has 11 rings (SSSR count). The third-order valence-electron chi connectivity index (χ3n) is 12.6. The minimum atomic E-state index is 0.876. The fourth-order valence-electron chi connectivity index (χ4n) is 9.51. The van der Waals surface area contributed by atoms with Gasteiger partial charge in [0.1, 0.15) is 22.3 Å². The molecule has 0 aliphatic rings. The molecule has 0 N–H and O–H groups in total. The predicted molar refractivity (Wildman–Crippen MR) is 254 cm³/mol. The molecule has 0 saturated carbocycles. The van der Waals surface area contributed by atoms with Gasteiger partial charge >= 0.3 is 0 Å². The average Bonchev–Trinajstić information content (AvgIpc) is 3.83. The van der Waals surface area contributed by atoms with Crippen LogP contribution in [0.5, 0.6) is 0 Å². The minimum absolute atomic E-state index is 0.876. The third kappa shape index (κ3) is 5.51. The Balaban J connectivity index is 1.06. The number of aryl methyl sites for hydroxylation is 6. The van der Waals surface area contributed by atoms with Crippen LogP contribution >= 0.6 is 0 Å². The summed E-state index contributed by atoms with van der Waals surface area (Å²) in [6.07, 6.45) is 0. The summed E-state index contributed by atoms with van der Waals surface area (Å²) in [6, 6.07) is 57.0. The fraction of sp³-hybridized carbons (Fsp3) is 0.107. The summed E-state index contributed by atoms with van der Waals surface area (Å²) < 4.78 is 13.7. The third-order valence-corrected chi connectivity index (χ3v) is 12.6. The van der Waals surface area contributed by atoms with E-state index < -0.39 is 0 Å². The highest BCUT2D eigenvalue weighted by Gasteiger charge is 2.23. The highest BCUT2D eigenvalue weighted by molar-refractivity contribution is 6.22. The van der Waals surface area contributed by atoms with Gasteiger partial charge in [0.25, 0.3) is 0 Å². The van der Waals surface area contributed by atoms with Gasteiger partial charge in [-0.1, -0.05) is 84.9 Å². The second kappa shape index (κ2) is 13.6. The van der Waals surface area contributed by atoms with Gasteiger partial charge in [0.15, 0.2) is 0 Å². The Morgan fingerprint density at radius 1 is 0.333 bits per heavy atom.